The molecule has 1 aliphatic rings. The maximum Gasteiger partial charge on any atom is 0.235 e. The van der Waals surface area contributed by atoms with Crippen LogP contribution in [-0.2, 0) is 17.1 Å². The van der Waals surface area contributed by atoms with Crippen LogP contribution in [0.5, 0.6) is 0 Å². The Labute approximate surface area is 190 Å². The Morgan fingerprint density at radius 2 is 1.75 bits per heavy atom. The van der Waals surface area contributed by atoms with Crippen molar-refractivity contribution in [1.29, 1.82) is 0 Å². The first-order valence-electron chi connectivity index (χ1n) is 10.1. The van der Waals surface area contributed by atoms with E-state index < -0.39 is 10.0 Å². The molecule has 32 heavy (non-hydrogen) atoms. The fraction of sp³-hybridized carbons (Fsp3) is 0.182. The van der Waals surface area contributed by atoms with E-state index in [2.05, 4.69) is 25.3 Å². The quantitative estimate of drug-likeness (QED) is 0.352. The monoisotopic (exact) mass is 468 g/mol. The summed E-state index contributed by atoms with van der Waals surface area (Å²) in [7, 11) is -1.41. The van der Waals surface area contributed by atoms with E-state index in [9.17, 15) is 8.42 Å². The first kappa shape index (κ1) is 20.6. The molecule has 2 aromatic carbocycles. The molecular formula is C22H21ClN6O2S. The minimum atomic E-state index is -3.40. The number of rotatable bonds is 7. The van der Waals surface area contributed by atoms with E-state index in [1.54, 1.807) is 18.2 Å². The van der Waals surface area contributed by atoms with Crippen LogP contribution in [0.25, 0.3) is 10.9 Å². The van der Waals surface area contributed by atoms with Crippen LogP contribution >= 0.6 is 11.6 Å². The average Bonchev–Trinajstić information content (AvgIpc) is 3.57. The number of nitrogens with zero attached hydrogens (tertiary/aromatic N) is 3. The van der Waals surface area contributed by atoms with Crippen molar-refractivity contribution in [1.82, 2.24) is 14.5 Å². The minimum absolute atomic E-state index is 0.313. The van der Waals surface area contributed by atoms with Gasteiger partial charge in [-0.1, -0.05) is 29.8 Å². The molecule has 1 saturated carbocycles. The predicted molar refractivity (Wildman–Crippen MR) is 129 cm³/mol. The Balaban J connectivity index is 1.43. The van der Waals surface area contributed by atoms with Crippen molar-refractivity contribution in [3.8, 4) is 0 Å². The molecule has 0 spiro atoms. The zero-order chi connectivity index (χ0) is 22.3. The number of benzene rings is 2. The fourth-order valence-corrected chi connectivity index (χ4v) is 5.02. The second-order valence-corrected chi connectivity index (χ2v) is 10.1. The molecule has 10 heteroatoms. The summed E-state index contributed by atoms with van der Waals surface area (Å²) >= 11 is 6.34. The van der Waals surface area contributed by atoms with Crippen LogP contribution in [0.15, 0.2) is 60.9 Å². The normalized spacial score (nSPS) is 13.8. The molecule has 0 unspecified atom stereocenters. The molecule has 0 atom stereocenters. The van der Waals surface area contributed by atoms with Crippen molar-refractivity contribution >= 4 is 61.4 Å². The highest BCUT2D eigenvalue weighted by Gasteiger charge is 2.36. The first-order valence-corrected chi connectivity index (χ1v) is 12.0. The third-order valence-corrected chi connectivity index (χ3v) is 7.44. The van der Waals surface area contributed by atoms with Crippen LogP contribution in [0, 0.1) is 0 Å². The number of hydrogen-bond donors (Lipinski definition) is 3. The molecule has 8 nitrogen and oxygen atoms in total. The summed E-state index contributed by atoms with van der Waals surface area (Å²) in [6.07, 6.45) is 4.87. The maximum absolute atomic E-state index is 12.4. The zero-order valence-electron chi connectivity index (χ0n) is 17.2. The molecular weight excluding hydrogens is 448 g/mol. The predicted octanol–water partition coefficient (Wildman–Crippen LogP) is 5.01. The third-order valence-electron chi connectivity index (χ3n) is 5.31. The van der Waals surface area contributed by atoms with E-state index in [1.807, 2.05) is 48.1 Å². The number of nitrogens with one attached hydrogen (secondary N) is 3. The summed E-state index contributed by atoms with van der Waals surface area (Å²) in [5.41, 5.74) is 2.94. The van der Waals surface area contributed by atoms with Crippen molar-refractivity contribution in [2.75, 3.05) is 15.4 Å². The van der Waals surface area contributed by atoms with Gasteiger partial charge in [-0.05, 0) is 43.2 Å². The van der Waals surface area contributed by atoms with Crippen molar-refractivity contribution < 1.29 is 8.42 Å². The maximum atomic E-state index is 12.4. The molecule has 164 valence electrons. The van der Waals surface area contributed by atoms with Crippen LogP contribution in [0.1, 0.15) is 12.8 Å². The number of hydrogen-bond acceptors (Lipinski definition) is 6. The topological polar surface area (TPSA) is 101 Å². The number of para-hydroxylation sites is 2. The van der Waals surface area contributed by atoms with E-state index in [0.29, 0.717) is 41.0 Å². The van der Waals surface area contributed by atoms with E-state index >= 15 is 0 Å². The molecule has 0 radical (unpaired) electrons. The van der Waals surface area contributed by atoms with Gasteiger partial charge >= 0.3 is 0 Å². The largest absolute Gasteiger partial charge is 0.350 e. The lowest BCUT2D eigenvalue weighted by Crippen LogP contribution is -2.18. The van der Waals surface area contributed by atoms with Crippen molar-refractivity contribution in [3.63, 3.8) is 0 Å². The Morgan fingerprint density at radius 3 is 2.53 bits per heavy atom. The highest BCUT2D eigenvalue weighted by molar-refractivity contribution is 7.93. The van der Waals surface area contributed by atoms with Crippen LogP contribution < -0.4 is 15.4 Å². The highest BCUT2D eigenvalue weighted by atomic mass is 35.5. The van der Waals surface area contributed by atoms with Gasteiger partial charge < -0.3 is 15.2 Å². The van der Waals surface area contributed by atoms with Crippen molar-refractivity contribution in [2.24, 2.45) is 7.05 Å². The summed E-state index contributed by atoms with van der Waals surface area (Å²) < 4.78 is 29.5. The standard InChI is InChI=1S/C22H21ClN6O2S/c1-29-12-11-15-17(7-4-8-20(15)29)26-22-24-13-16(23)21(27-22)25-18-5-2-3-6-19(18)28-32(30,31)14-9-10-14/h2-8,11-14,28H,9-10H2,1H3,(H2,24,25,26,27). The van der Waals surface area contributed by atoms with Crippen LogP contribution in [0.4, 0.5) is 28.8 Å². The van der Waals surface area contributed by atoms with E-state index in [0.717, 1.165) is 16.6 Å². The average molecular weight is 469 g/mol. The molecule has 5 rings (SSSR count). The van der Waals surface area contributed by atoms with Gasteiger partial charge in [-0.25, -0.2) is 13.4 Å². The van der Waals surface area contributed by atoms with Gasteiger partial charge in [0.15, 0.2) is 5.82 Å². The fourth-order valence-electron chi connectivity index (χ4n) is 3.47. The molecule has 4 aromatic rings. The van der Waals surface area contributed by atoms with Gasteiger partial charge in [-0.2, -0.15) is 4.98 Å². The van der Waals surface area contributed by atoms with Crippen molar-refractivity contribution in [3.05, 3.63) is 65.9 Å². The summed E-state index contributed by atoms with van der Waals surface area (Å²) in [5.74, 6) is 0.728. The lowest BCUT2D eigenvalue weighted by molar-refractivity contribution is 0.600. The van der Waals surface area contributed by atoms with Gasteiger partial charge in [0.25, 0.3) is 0 Å². The molecule has 2 heterocycles. The van der Waals surface area contributed by atoms with Crippen LogP contribution in [0.2, 0.25) is 5.02 Å². The second-order valence-electron chi connectivity index (χ2n) is 7.70. The van der Waals surface area contributed by atoms with Crippen LogP contribution in [0.3, 0.4) is 0 Å². The van der Waals surface area contributed by atoms with Gasteiger partial charge in [0.1, 0.15) is 5.02 Å². The van der Waals surface area contributed by atoms with Gasteiger partial charge in [-0.3, -0.25) is 4.72 Å². The molecule has 1 aliphatic carbocycles. The molecule has 0 saturated heterocycles. The number of aryl methyl sites for hydroxylation is 1. The Bertz CT molecular complexity index is 1420. The first-order chi connectivity index (χ1) is 15.4. The molecule has 2 aromatic heterocycles. The van der Waals surface area contributed by atoms with E-state index in [-0.39, 0.29) is 5.25 Å². The Hall–Kier alpha value is -3.30. The van der Waals surface area contributed by atoms with E-state index in [1.165, 1.54) is 6.20 Å². The van der Waals surface area contributed by atoms with Crippen molar-refractivity contribution in [2.45, 2.75) is 18.1 Å². The van der Waals surface area contributed by atoms with Gasteiger partial charge in [0.05, 0.1) is 28.5 Å². The Morgan fingerprint density at radius 1 is 1.00 bits per heavy atom. The molecule has 1 fully saturated rings. The van der Waals surface area contributed by atoms with E-state index in [4.69, 9.17) is 11.6 Å². The zero-order valence-corrected chi connectivity index (χ0v) is 18.8. The lowest BCUT2D eigenvalue weighted by Gasteiger charge is -2.15. The molecule has 0 aliphatic heterocycles. The number of sulfonamides is 1. The molecule has 0 amide bonds. The number of fused-ring (bicyclic) bond motifs is 1. The number of halogens is 1. The van der Waals surface area contributed by atoms with Gasteiger partial charge in [-0.15, -0.1) is 0 Å². The summed E-state index contributed by atoms with van der Waals surface area (Å²) in [6, 6.07) is 15.0. The van der Waals surface area contributed by atoms with Gasteiger partial charge in [0.2, 0.25) is 16.0 Å². The summed E-state index contributed by atoms with van der Waals surface area (Å²) in [6.45, 7) is 0. The van der Waals surface area contributed by atoms with Crippen LogP contribution in [-0.4, -0.2) is 28.2 Å². The number of aromatic nitrogens is 3. The third kappa shape index (κ3) is 4.09. The smallest absolute Gasteiger partial charge is 0.235 e. The second kappa shape index (κ2) is 7.99. The van der Waals surface area contributed by atoms with Gasteiger partial charge in [0, 0.05) is 24.1 Å². The summed E-state index contributed by atoms with van der Waals surface area (Å²) in [4.78, 5) is 8.80. The number of anilines is 5. The Kier molecular flexibility index (Phi) is 5.15. The molecule has 0 bridgehead atoms. The molecule has 3 N–H and O–H groups in total. The minimum Gasteiger partial charge on any atom is -0.350 e. The summed E-state index contributed by atoms with van der Waals surface area (Å²) in [5, 5.41) is 7.41. The highest BCUT2D eigenvalue weighted by Crippen LogP contribution is 2.34. The lowest BCUT2D eigenvalue weighted by atomic mass is 10.2. The SMILES string of the molecule is Cn1ccc2c(Nc3ncc(Cl)c(Nc4ccccc4NS(=O)(=O)C4CC4)n3)cccc21.